The molecule has 13 atom stereocenters. The van der Waals surface area contributed by atoms with Crippen LogP contribution in [0.1, 0.15) is 32.6 Å². The standard InChI is InChI=1S/C26H52N6O11/c1-26(39)11-40-25(19(37)22(26)30-2)43-21-16(32-23(38)17(35)5-6-27)7-15(29)20(18(21)36)42-24-14(28)4-3-13(41-24)8-31-12(9-33)10-34/h12-22,24-25,30-31,33-37,39H,3-11,27-29H2,1-2H3,(H,32,38)/t13-,14+,15-,16+,17-,18-,19+,20+,21-,22+,24+,25+,26-/m0/s1. The van der Waals surface area contributed by atoms with Gasteiger partial charge in [0.25, 0.3) is 0 Å². The quantitative estimate of drug-likeness (QED) is 0.0856. The van der Waals surface area contributed by atoms with E-state index in [4.69, 9.17) is 36.1 Å². The molecule has 0 bridgehead atoms. The van der Waals surface area contributed by atoms with Gasteiger partial charge in [0.15, 0.2) is 12.6 Å². The van der Waals surface area contributed by atoms with Crippen molar-refractivity contribution in [3.8, 4) is 0 Å². The molecule has 252 valence electrons. The molecule has 3 rings (SSSR count). The van der Waals surface area contributed by atoms with Gasteiger partial charge >= 0.3 is 0 Å². The Morgan fingerprint density at radius 3 is 2.37 bits per heavy atom. The number of hydrogen-bond acceptors (Lipinski definition) is 16. The van der Waals surface area contributed by atoms with Gasteiger partial charge < -0.3 is 82.7 Å². The molecule has 0 unspecified atom stereocenters. The number of nitrogens with one attached hydrogen (secondary N) is 3. The lowest BCUT2D eigenvalue weighted by atomic mass is 9.83. The molecule has 17 nitrogen and oxygen atoms in total. The predicted molar refractivity (Wildman–Crippen MR) is 151 cm³/mol. The van der Waals surface area contributed by atoms with Gasteiger partial charge in [0.05, 0.1) is 50.1 Å². The lowest BCUT2D eigenvalue weighted by molar-refractivity contribution is -0.307. The summed E-state index contributed by atoms with van der Waals surface area (Å²) in [6, 6.07) is -3.66. The van der Waals surface area contributed by atoms with Crippen molar-refractivity contribution in [2.75, 3.05) is 40.0 Å². The van der Waals surface area contributed by atoms with Crippen LogP contribution in [0.4, 0.5) is 0 Å². The van der Waals surface area contributed by atoms with Crippen LogP contribution in [0, 0.1) is 0 Å². The molecule has 43 heavy (non-hydrogen) atoms. The highest BCUT2D eigenvalue weighted by Crippen LogP contribution is 2.32. The van der Waals surface area contributed by atoms with Gasteiger partial charge in [0.1, 0.15) is 36.1 Å². The Morgan fingerprint density at radius 2 is 1.74 bits per heavy atom. The first-order valence-corrected chi connectivity index (χ1v) is 14.8. The molecule has 1 saturated carbocycles. The predicted octanol–water partition coefficient (Wildman–Crippen LogP) is -6.13. The van der Waals surface area contributed by atoms with Crippen molar-refractivity contribution in [1.29, 1.82) is 0 Å². The normalized spacial score (nSPS) is 41.3. The number of likely N-dealkylation sites (N-methyl/N-ethyl adjacent to an activating group) is 1. The van der Waals surface area contributed by atoms with E-state index >= 15 is 0 Å². The van der Waals surface area contributed by atoms with Crippen molar-refractivity contribution in [2.24, 2.45) is 17.2 Å². The summed E-state index contributed by atoms with van der Waals surface area (Å²) >= 11 is 0. The molecule has 2 heterocycles. The first kappa shape index (κ1) is 36.3. The van der Waals surface area contributed by atoms with Crippen LogP contribution in [0.3, 0.4) is 0 Å². The van der Waals surface area contributed by atoms with Gasteiger partial charge in [-0.25, -0.2) is 0 Å². The number of ether oxygens (including phenoxy) is 4. The molecule has 0 aromatic carbocycles. The average molecular weight is 625 g/mol. The number of carbonyl (C=O) groups excluding carboxylic acids is 1. The van der Waals surface area contributed by atoms with E-state index in [0.717, 1.165) is 0 Å². The fraction of sp³-hybridized carbons (Fsp3) is 0.962. The molecule has 15 N–H and O–H groups in total. The van der Waals surface area contributed by atoms with Crippen LogP contribution in [-0.4, -0.2) is 162 Å². The number of aliphatic hydroxyl groups excluding tert-OH is 5. The van der Waals surface area contributed by atoms with Gasteiger partial charge in [-0.05, 0) is 46.2 Å². The molecule has 0 aromatic rings. The van der Waals surface area contributed by atoms with Crippen molar-refractivity contribution < 1.29 is 54.4 Å². The number of hydrogen-bond donors (Lipinski definition) is 12. The minimum Gasteiger partial charge on any atom is -0.395 e. The zero-order valence-corrected chi connectivity index (χ0v) is 24.8. The Hall–Kier alpha value is -1.13. The summed E-state index contributed by atoms with van der Waals surface area (Å²) in [6.07, 6.45) is -8.00. The van der Waals surface area contributed by atoms with Crippen molar-refractivity contribution in [2.45, 2.75) is 118 Å². The summed E-state index contributed by atoms with van der Waals surface area (Å²) < 4.78 is 23.9. The molecular weight excluding hydrogens is 572 g/mol. The van der Waals surface area contributed by atoms with Gasteiger partial charge in [0.2, 0.25) is 5.91 Å². The monoisotopic (exact) mass is 624 g/mol. The third kappa shape index (κ3) is 9.21. The van der Waals surface area contributed by atoms with E-state index in [1.54, 1.807) is 7.05 Å². The maximum Gasteiger partial charge on any atom is 0.249 e. The van der Waals surface area contributed by atoms with Gasteiger partial charge in [-0.15, -0.1) is 0 Å². The Labute approximate surface area is 251 Å². The van der Waals surface area contributed by atoms with E-state index in [0.29, 0.717) is 19.4 Å². The van der Waals surface area contributed by atoms with E-state index in [1.165, 1.54) is 6.92 Å². The van der Waals surface area contributed by atoms with E-state index in [-0.39, 0.29) is 45.3 Å². The third-order valence-corrected chi connectivity index (χ3v) is 8.39. The lowest BCUT2D eigenvalue weighted by Gasteiger charge is -2.49. The topological polar surface area (TPSA) is 290 Å². The second-order valence-corrected chi connectivity index (χ2v) is 11.9. The maximum absolute atomic E-state index is 12.7. The number of rotatable bonds is 14. The zero-order chi connectivity index (χ0) is 31.9. The van der Waals surface area contributed by atoms with Gasteiger partial charge in [-0.3, -0.25) is 4.79 Å². The van der Waals surface area contributed by atoms with Gasteiger partial charge in [-0.2, -0.15) is 0 Å². The van der Waals surface area contributed by atoms with Crippen molar-refractivity contribution >= 4 is 5.91 Å². The Kier molecular flexibility index (Phi) is 13.9. The average Bonchev–Trinajstić information content (AvgIpc) is 2.96. The fourth-order valence-corrected chi connectivity index (χ4v) is 5.82. The largest absolute Gasteiger partial charge is 0.395 e. The van der Waals surface area contributed by atoms with Crippen LogP contribution in [0.5, 0.6) is 0 Å². The smallest absolute Gasteiger partial charge is 0.249 e. The number of carbonyl (C=O) groups is 1. The number of aliphatic hydroxyl groups is 6. The molecule has 0 aromatic heterocycles. The van der Waals surface area contributed by atoms with E-state index < -0.39 is 84.8 Å². The zero-order valence-electron chi connectivity index (χ0n) is 24.8. The first-order valence-electron chi connectivity index (χ1n) is 14.8. The number of nitrogens with two attached hydrogens (primary N) is 3. The summed E-state index contributed by atoms with van der Waals surface area (Å²) in [5, 5.41) is 70.5. The minimum atomic E-state index is -1.48. The van der Waals surface area contributed by atoms with Crippen molar-refractivity contribution in [3.63, 3.8) is 0 Å². The molecule has 0 spiro atoms. The highest BCUT2D eigenvalue weighted by Gasteiger charge is 2.52. The van der Waals surface area contributed by atoms with Crippen LogP contribution in [0.2, 0.25) is 0 Å². The Bertz CT molecular complexity index is 858. The molecular formula is C26H52N6O11. The summed E-state index contributed by atoms with van der Waals surface area (Å²) in [7, 11) is 1.56. The molecule has 1 aliphatic carbocycles. The van der Waals surface area contributed by atoms with Crippen LogP contribution < -0.4 is 33.2 Å². The Balaban J connectivity index is 1.77. The molecule has 3 aliphatic rings. The lowest BCUT2D eigenvalue weighted by Crippen LogP contribution is -2.69. The molecule has 3 fully saturated rings. The summed E-state index contributed by atoms with van der Waals surface area (Å²) in [5.41, 5.74) is 16.8. The SMILES string of the molecule is CN[C@@H]1[C@@H](O)[C@@H](O[C@@H]2[C@@H](O)[C@H](O[C@H]3O[C@H](CNC(CO)CO)CC[C@H]3N)[C@@H](N)C[C@H]2NC(=O)[C@@H](O)CCN)OC[C@]1(C)O. The Morgan fingerprint density at radius 1 is 1.07 bits per heavy atom. The molecule has 0 radical (unpaired) electrons. The van der Waals surface area contributed by atoms with Crippen LogP contribution >= 0.6 is 0 Å². The van der Waals surface area contributed by atoms with Crippen LogP contribution in [-0.2, 0) is 23.7 Å². The first-order chi connectivity index (χ1) is 20.4. The maximum atomic E-state index is 12.7. The third-order valence-electron chi connectivity index (χ3n) is 8.39. The van der Waals surface area contributed by atoms with Gasteiger partial charge in [-0.1, -0.05) is 0 Å². The highest BCUT2D eigenvalue weighted by molar-refractivity contribution is 5.80. The van der Waals surface area contributed by atoms with Crippen LogP contribution in [0.15, 0.2) is 0 Å². The van der Waals surface area contributed by atoms with E-state index in [9.17, 15) is 35.4 Å². The summed E-state index contributed by atoms with van der Waals surface area (Å²) in [5.74, 6) is -0.735. The summed E-state index contributed by atoms with van der Waals surface area (Å²) in [4.78, 5) is 12.7. The second kappa shape index (κ2) is 16.4. The fourth-order valence-electron chi connectivity index (χ4n) is 5.82. The molecule has 2 aliphatic heterocycles. The van der Waals surface area contributed by atoms with E-state index in [1.807, 2.05) is 0 Å². The van der Waals surface area contributed by atoms with Crippen molar-refractivity contribution in [3.05, 3.63) is 0 Å². The highest BCUT2D eigenvalue weighted by atomic mass is 16.7. The minimum absolute atomic E-state index is 0.0120. The molecule has 2 saturated heterocycles. The molecule has 17 heteroatoms. The summed E-state index contributed by atoms with van der Waals surface area (Å²) in [6.45, 7) is 1.19. The van der Waals surface area contributed by atoms with Gasteiger partial charge in [0, 0.05) is 12.6 Å². The molecule has 1 amide bonds. The second-order valence-electron chi connectivity index (χ2n) is 11.9. The van der Waals surface area contributed by atoms with E-state index in [2.05, 4.69) is 16.0 Å². The van der Waals surface area contributed by atoms with Crippen LogP contribution in [0.25, 0.3) is 0 Å². The number of amides is 1. The van der Waals surface area contributed by atoms with Crippen molar-refractivity contribution in [1.82, 2.24) is 16.0 Å².